The molecule has 1 aliphatic rings. The molecule has 0 radical (unpaired) electrons. The van der Waals surface area contributed by atoms with Crippen molar-refractivity contribution in [1.29, 1.82) is 5.53 Å². The molecular formula is C11H10ClN4O2+. The summed E-state index contributed by atoms with van der Waals surface area (Å²) in [6.07, 6.45) is 3.48. The summed E-state index contributed by atoms with van der Waals surface area (Å²) >= 11 is 5.98. The lowest BCUT2D eigenvalue weighted by molar-refractivity contribution is -0.132. The van der Waals surface area contributed by atoms with Crippen molar-refractivity contribution in [3.63, 3.8) is 0 Å². The predicted octanol–water partition coefficient (Wildman–Crippen LogP) is 2.59. The average molecular weight is 266 g/mol. The molecule has 0 spiro atoms. The van der Waals surface area contributed by atoms with Gasteiger partial charge in [0.05, 0.1) is 0 Å². The van der Waals surface area contributed by atoms with Gasteiger partial charge in [-0.3, -0.25) is 0 Å². The number of pyridine rings is 1. The molecule has 1 aliphatic carbocycles. The lowest BCUT2D eigenvalue weighted by atomic mass is 10.2. The molecule has 1 aromatic heterocycles. The number of halogens is 1. The first-order chi connectivity index (χ1) is 8.61. The first-order valence-corrected chi connectivity index (χ1v) is 5.68. The number of carboxylic acids is 1. The van der Waals surface area contributed by atoms with Crippen LogP contribution in [0.4, 0.5) is 0 Å². The maximum Gasteiger partial charge on any atom is 0.362 e. The largest absolute Gasteiger partial charge is 0.476 e. The van der Waals surface area contributed by atoms with Crippen LogP contribution >= 0.6 is 11.6 Å². The maximum atomic E-state index is 10.8. The van der Waals surface area contributed by atoms with E-state index in [0.29, 0.717) is 11.5 Å². The zero-order valence-electron chi connectivity index (χ0n) is 9.30. The molecule has 0 aromatic carbocycles. The number of nitrogens with zero attached hydrogens (tertiary/aromatic N) is 3. The summed E-state index contributed by atoms with van der Waals surface area (Å²) in [5.74, 6) is -0.791. The summed E-state index contributed by atoms with van der Waals surface area (Å²) in [4.78, 5) is 17.7. The number of aromatic nitrogens is 1. The molecule has 0 atom stereocenters. The summed E-state index contributed by atoms with van der Waals surface area (Å²) < 4.78 is 0. The van der Waals surface area contributed by atoms with Gasteiger partial charge < -0.3 is 5.11 Å². The van der Waals surface area contributed by atoms with Crippen LogP contribution in [-0.4, -0.2) is 16.1 Å². The minimum atomic E-state index is -1.27. The van der Waals surface area contributed by atoms with Crippen LogP contribution in [0.3, 0.4) is 0 Å². The van der Waals surface area contributed by atoms with E-state index in [1.807, 2.05) is 6.07 Å². The van der Waals surface area contributed by atoms with Crippen LogP contribution < -0.4 is 4.91 Å². The zero-order chi connectivity index (χ0) is 13.1. The van der Waals surface area contributed by atoms with Gasteiger partial charge >= 0.3 is 5.97 Å². The van der Waals surface area contributed by atoms with Crippen LogP contribution in [0, 0.1) is 5.53 Å². The van der Waals surface area contributed by atoms with E-state index in [1.54, 1.807) is 6.07 Å². The molecule has 0 unspecified atom stereocenters. The van der Waals surface area contributed by atoms with Gasteiger partial charge in [-0.1, -0.05) is 11.6 Å². The van der Waals surface area contributed by atoms with Gasteiger partial charge in [-0.25, -0.2) is 9.78 Å². The molecule has 6 nitrogen and oxygen atoms in total. The molecule has 2 N–H and O–H groups in total. The Kier molecular flexibility index (Phi) is 3.50. The Bertz CT molecular complexity index is 570. The Morgan fingerprint density at radius 3 is 2.83 bits per heavy atom. The summed E-state index contributed by atoms with van der Waals surface area (Å²) in [7, 11) is 0. The topological polar surface area (TPSA) is 101 Å². The number of carbonyl (C=O) groups is 1. The molecule has 1 saturated carbocycles. The Morgan fingerprint density at radius 2 is 2.33 bits per heavy atom. The van der Waals surface area contributed by atoms with Crippen LogP contribution in [0.25, 0.3) is 6.08 Å². The summed E-state index contributed by atoms with van der Waals surface area (Å²) in [6, 6.07) is 3.53. The van der Waals surface area contributed by atoms with E-state index >= 15 is 0 Å². The van der Waals surface area contributed by atoms with Gasteiger partial charge in [0.15, 0.2) is 5.11 Å². The quantitative estimate of drug-likeness (QED) is 0.379. The second-order valence-corrected chi connectivity index (χ2v) is 4.28. The van der Waals surface area contributed by atoms with E-state index in [-0.39, 0.29) is 10.9 Å². The highest BCUT2D eigenvalue weighted by Crippen LogP contribution is 2.39. The molecule has 18 heavy (non-hydrogen) atoms. The molecule has 1 fully saturated rings. The number of hydrogen-bond donors (Lipinski definition) is 2. The van der Waals surface area contributed by atoms with Gasteiger partial charge in [0.2, 0.25) is 10.6 Å². The fourth-order valence-electron chi connectivity index (χ4n) is 1.51. The van der Waals surface area contributed by atoms with Crippen molar-refractivity contribution in [2.24, 2.45) is 5.11 Å². The Hall–Kier alpha value is -2.04. The van der Waals surface area contributed by atoms with Crippen LogP contribution in [-0.2, 0) is 4.79 Å². The number of aliphatic carboxylic acids is 1. The third-order valence-electron chi connectivity index (χ3n) is 2.56. The standard InChI is InChI=1S/C11H9ClN4O2/c12-10-7(5-9(11(17)18)15-16-13)3-4-8(14-10)6-1-2-6/h3-6,13H,1-2H2/p+1. The monoisotopic (exact) mass is 265 g/mol. The predicted molar refractivity (Wildman–Crippen MR) is 64.1 cm³/mol. The van der Waals surface area contributed by atoms with Crippen molar-refractivity contribution in [3.8, 4) is 0 Å². The molecule has 0 saturated heterocycles. The second-order valence-electron chi connectivity index (χ2n) is 3.93. The molecule has 0 bridgehead atoms. The third-order valence-corrected chi connectivity index (χ3v) is 2.87. The number of rotatable bonds is 4. The van der Waals surface area contributed by atoms with E-state index in [1.165, 1.54) is 6.08 Å². The fraction of sp³-hybridized carbons (Fsp3) is 0.273. The molecular weight excluding hydrogens is 256 g/mol. The highest BCUT2D eigenvalue weighted by Gasteiger charge is 2.25. The summed E-state index contributed by atoms with van der Waals surface area (Å²) in [5, 5.41) is 12.3. The Balaban J connectivity index is 2.35. The molecule has 7 heteroatoms. The van der Waals surface area contributed by atoms with Crippen molar-refractivity contribution in [3.05, 3.63) is 34.2 Å². The average Bonchev–Trinajstić information content (AvgIpc) is 3.14. The Labute approximate surface area is 108 Å². The molecule has 92 valence electrons. The smallest absolute Gasteiger partial charge is 0.362 e. The van der Waals surface area contributed by atoms with Crippen LogP contribution in [0.1, 0.15) is 30.0 Å². The zero-order valence-corrected chi connectivity index (χ0v) is 10.1. The van der Waals surface area contributed by atoms with E-state index < -0.39 is 5.97 Å². The molecule has 1 heterocycles. The summed E-state index contributed by atoms with van der Waals surface area (Å²) in [5.41, 5.74) is 7.57. The maximum absolute atomic E-state index is 10.8. The van der Waals surface area contributed by atoms with Gasteiger partial charge in [0.1, 0.15) is 10.7 Å². The van der Waals surface area contributed by atoms with Gasteiger partial charge in [-0.05, 0) is 31.1 Å². The number of hydrogen-bond acceptors (Lipinski definition) is 4. The van der Waals surface area contributed by atoms with Crippen LogP contribution in [0.15, 0.2) is 22.9 Å². The van der Waals surface area contributed by atoms with Gasteiger partial charge in [0, 0.05) is 17.2 Å². The molecule has 2 rings (SSSR count). The van der Waals surface area contributed by atoms with E-state index in [2.05, 4.69) is 15.0 Å². The first-order valence-electron chi connectivity index (χ1n) is 5.30. The van der Waals surface area contributed by atoms with Crippen molar-refractivity contribution in [2.45, 2.75) is 18.8 Å². The van der Waals surface area contributed by atoms with Crippen LogP contribution in [0.2, 0.25) is 5.15 Å². The van der Waals surface area contributed by atoms with Crippen LogP contribution in [0.5, 0.6) is 0 Å². The molecule has 0 aliphatic heterocycles. The highest BCUT2D eigenvalue weighted by atomic mass is 35.5. The van der Waals surface area contributed by atoms with E-state index in [4.69, 9.17) is 22.2 Å². The van der Waals surface area contributed by atoms with E-state index in [0.717, 1.165) is 18.5 Å². The normalized spacial score (nSPS) is 15.1. The minimum Gasteiger partial charge on any atom is -0.476 e. The van der Waals surface area contributed by atoms with Gasteiger partial charge in [-0.15, -0.1) is 0 Å². The number of carboxylic acid groups (broad SMARTS) is 1. The van der Waals surface area contributed by atoms with E-state index in [9.17, 15) is 4.79 Å². The molecule has 1 aromatic rings. The first kappa shape index (κ1) is 12.4. The SMILES string of the molecule is N=[N+]=NC(=Cc1ccc(C2CC2)nc1Cl)C(=O)O. The lowest BCUT2D eigenvalue weighted by Crippen LogP contribution is -1.98. The molecule has 0 amide bonds. The van der Waals surface area contributed by atoms with Crippen molar-refractivity contribution in [2.75, 3.05) is 0 Å². The van der Waals surface area contributed by atoms with Crippen molar-refractivity contribution in [1.82, 2.24) is 9.90 Å². The third kappa shape index (κ3) is 2.80. The van der Waals surface area contributed by atoms with Crippen molar-refractivity contribution < 1.29 is 9.90 Å². The summed E-state index contributed by atoms with van der Waals surface area (Å²) in [6.45, 7) is 0. The number of nitrogens with one attached hydrogen (secondary N) is 1. The second kappa shape index (κ2) is 5.08. The minimum absolute atomic E-state index is 0.235. The van der Waals surface area contributed by atoms with Crippen molar-refractivity contribution >= 4 is 23.6 Å². The fourth-order valence-corrected chi connectivity index (χ4v) is 1.72. The van der Waals surface area contributed by atoms with Gasteiger partial charge in [-0.2, -0.15) is 0 Å². The lowest BCUT2D eigenvalue weighted by Gasteiger charge is -2.01. The highest BCUT2D eigenvalue weighted by molar-refractivity contribution is 6.31. The van der Waals surface area contributed by atoms with Gasteiger partial charge in [0.25, 0.3) is 0 Å². The Morgan fingerprint density at radius 1 is 1.61 bits per heavy atom.